The van der Waals surface area contributed by atoms with Crippen LogP contribution in [-0.4, -0.2) is 43.5 Å². The van der Waals surface area contributed by atoms with Crippen molar-refractivity contribution in [2.45, 2.75) is 26.3 Å². The Bertz CT molecular complexity index is 387. The van der Waals surface area contributed by atoms with Gasteiger partial charge in [0, 0.05) is 24.7 Å². The SMILES string of the molecule is CC(C)N(C)CCNC(=O)c1ccc(CCN)cc1. The van der Waals surface area contributed by atoms with Gasteiger partial charge >= 0.3 is 0 Å². The summed E-state index contributed by atoms with van der Waals surface area (Å²) in [6.07, 6.45) is 0.848. The summed E-state index contributed by atoms with van der Waals surface area (Å²) in [5, 5.41) is 2.93. The molecule has 0 unspecified atom stereocenters. The standard InChI is InChI=1S/C15H25N3O/c1-12(2)18(3)11-10-17-15(19)14-6-4-13(5-7-14)8-9-16/h4-7,12H,8-11,16H2,1-3H3,(H,17,19). The monoisotopic (exact) mass is 263 g/mol. The first-order chi connectivity index (χ1) is 9.04. The molecule has 0 heterocycles. The Balaban J connectivity index is 2.41. The molecule has 0 bridgehead atoms. The fourth-order valence-corrected chi connectivity index (χ4v) is 1.70. The molecule has 0 aliphatic rings. The van der Waals surface area contributed by atoms with Gasteiger partial charge in [-0.15, -0.1) is 0 Å². The van der Waals surface area contributed by atoms with Crippen molar-refractivity contribution in [1.29, 1.82) is 0 Å². The molecule has 0 aliphatic carbocycles. The van der Waals surface area contributed by atoms with E-state index in [9.17, 15) is 4.79 Å². The zero-order valence-electron chi connectivity index (χ0n) is 12.1. The van der Waals surface area contributed by atoms with Crippen LogP contribution in [0.25, 0.3) is 0 Å². The third-order valence-corrected chi connectivity index (χ3v) is 3.28. The Labute approximate surface area is 116 Å². The number of benzene rings is 1. The summed E-state index contributed by atoms with van der Waals surface area (Å²) in [4.78, 5) is 14.1. The van der Waals surface area contributed by atoms with Crippen molar-refractivity contribution in [1.82, 2.24) is 10.2 Å². The number of amides is 1. The van der Waals surface area contributed by atoms with Crippen LogP contribution in [-0.2, 0) is 6.42 Å². The minimum absolute atomic E-state index is 0.0172. The zero-order valence-corrected chi connectivity index (χ0v) is 12.1. The zero-order chi connectivity index (χ0) is 14.3. The van der Waals surface area contributed by atoms with Crippen molar-refractivity contribution in [2.24, 2.45) is 5.73 Å². The number of hydrogen-bond donors (Lipinski definition) is 2. The van der Waals surface area contributed by atoms with Gasteiger partial charge < -0.3 is 16.0 Å². The lowest BCUT2D eigenvalue weighted by Crippen LogP contribution is -2.36. The molecule has 106 valence electrons. The first kappa shape index (κ1) is 15.7. The van der Waals surface area contributed by atoms with E-state index in [1.54, 1.807) is 0 Å². The van der Waals surface area contributed by atoms with Crippen LogP contribution in [0.15, 0.2) is 24.3 Å². The Morgan fingerprint density at radius 2 is 1.95 bits per heavy atom. The maximum absolute atomic E-state index is 11.9. The molecule has 1 aromatic carbocycles. The lowest BCUT2D eigenvalue weighted by molar-refractivity contribution is 0.0948. The molecule has 0 fully saturated rings. The molecule has 3 N–H and O–H groups in total. The fraction of sp³-hybridized carbons (Fsp3) is 0.533. The second kappa shape index (κ2) is 7.92. The summed E-state index contributed by atoms with van der Waals surface area (Å²) in [6.45, 7) is 6.43. The van der Waals surface area contributed by atoms with Crippen LogP contribution in [0.2, 0.25) is 0 Å². The molecule has 4 nitrogen and oxygen atoms in total. The van der Waals surface area contributed by atoms with E-state index in [0.29, 0.717) is 24.7 Å². The highest BCUT2D eigenvalue weighted by Gasteiger charge is 2.06. The van der Waals surface area contributed by atoms with Crippen molar-refractivity contribution in [3.63, 3.8) is 0 Å². The predicted molar refractivity (Wildman–Crippen MR) is 79.3 cm³/mol. The van der Waals surface area contributed by atoms with Gasteiger partial charge in [-0.2, -0.15) is 0 Å². The van der Waals surface area contributed by atoms with Crippen LogP contribution >= 0.6 is 0 Å². The van der Waals surface area contributed by atoms with Gasteiger partial charge in [-0.25, -0.2) is 0 Å². The number of nitrogens with one attached hydrogen (secondary N) is 1. The van der Waals surface area contributed by atoms with E-state index < -0.39 is 0 Å². The van der Waals surface area contributed by atoms with E-state index in [1.165, 1.54) is 5.56 Å². The van der Waals surface area contributed by atoms with Gasteiger partial charge in [-0.05, 0) is 51.6 Å². The Kier molecular flexibility index (Phi) is 6.53. The first-order valence-corrected chi connectivity index (χ1v) is 6.82. The Morgan fingerprint density at radius 1 is 1.32 bits per heavy atom. The summed E-state index contributed by atoms with van der Waals surface area (Å²) in [6, 6.07) is 8.12. The van der Waals surface area contributed by atoms with Gasteiger partial charge in [-0.3, -0.25) is 4.79 Å². The lowest BCUT2D eigenvalue weighted by atomic mass is 10.1. The maximum atomic E-state index is 11.9. The topological polar surface area (TPSA) is 58.4 Å². The van der Waals surface area contributed by atoms with E-state index in [4.69, 9.17) is 5.73 Å². The second-order valence-electron chi connectivity index (χ2n) is 5.07. The molecule has 0 radical (unpaired) electrons. The summed E-state index contributed by atoms with van der Waals surface area (Å²) in [5.41, 5.74) is 7.36. The van der Waals surface area contributed by atoms with Crippen molar-refractivity contribution >= 4 is 5.91 Å². The van der Waals surface area contributed by atoms with E-state index >= 15 is 0 Å². The number of carbonyl (C=O) groups is 1. The van der Waals surface area contributed by atoms with Crippen molar-refractivity contribution < 1.29 is 4.79 Å². The summed E-state index contributed by atoms with van der Waals surface area (Å²) >= 11 is 0. The van der Waals surface area contributed by atoms with Gasteiger partial charge in [0.15, 0.2) is 0 Å². The minimum Gasteiger partial charge on any atom is -0.351 e. The molecule has 1 aromatic rings. The summed E-state index contributed by atoms with van der Waals surface area (Å²) in [7, 11) is 2.05. The third-order valence-electron chi connectivity index (χ3n) is 3.28. The van der Waals surface area contributed by atoms with Crippen LogP contribution < -0.4 is 11.1 Å². The highest BCUT2D eigenvalue weighted by molar-refractivity contribution is 5.94. The summed E-state index contributed by atoms with van der Waals surface area (Å²) in [5.74, 6) is -0.0172. The largest absolute Gasteiger partial charge is 0.351 e. The van der Waals surface area contributed by atoms with Crippen LogP contribution in [0.5, 0.6) is 0 Å². The smallest absolute Gasteiger partial charge is 0.251 e. The number of carbonyl (C=O) groups excluding carboxylic acids is 1. The molecule has 0 atom stereocenters. The average molecular weight is 263 g/mol. The molecule has 0 aromatic heterocycles. The molecular weight excluding hydrogens is 238 g/mol. The number of hydrogen-bond acceptors (Lipinski definition) is 3. The lowest BCUT2D eigenvalue weighted by Gasteiger charge is -2.20. The van der Waals surface area contributed by atoms with Crippen LogP contribution in [0.3, 0.4) is 0 Å². The number of rotatable bonds is 7. The van der Waals surface area contributed by atoms with E-state index in [2.05, 4.69) is 31.1 Å². The highest BCUT2D eigenvalue weighted by atomic mass is 16.1. The van der Waals surface area contributed by atoms with Crippen molar-refractivity contribution in [3.8, 4) is 0 Å². The van der Waals surface area contributed by atoms with Gasteiger partial charge in [0.05, 0.1) is 0 Å². The molecule has 0 saturated heterocycles. The Hall–Kier alpha value is -1.39. The first-order valence-electron chi connectivity index (χ1n) is 6.82. The number of nitrogens with zero attached hydrogens (tertiary/aromatic N) is 1. The van der Waals surface area contributed by atoms with Crippen molar-refractivity contribution in [2.75, 3.05) is 26.7 Å². The number of likely N-dealkylation sites (N-methyl/N-ethyl adjacent to an activating group) is 1. The minimum atomic E-state index is -0.0172. The van der Waals surface area contributed by atoms with Gasteiger partial charge in [-0.1, -0.05) is 12.1 Å². The molecule has 19 heavy (non-hydrogen) atoms. The normalized spacial score (nSPS) is 11.1. The van der Waals surface area contributed by atoms with E-state index in [0.717, 1.165) is 13.0 Å². The second-order valence-corrected chi connectivity index (χ2v) is 5.07. The summed E-state index contributed by atoms with van der Waals surface area (Å²) < 4.78 is 0. The van der Waals surface area contributed by atoms with E-state index in [-0.39, 0.29) is 5.91 Å². The third kappa shape index (κ3) is 5.41. The highest BCUT2D eigenvalue weighted by Crippen LogP contribution is 2.04. The molecule has 0 aliphatic heterocycles. The molecule has 0 spiro atoms. The molecule has 4 heteroatoms. The quantitative estimate of drug-likeness (QED) is 0.778. The number of nitrogens with two attached hydrogens (primary N) is 1. The van der Waals surface area contributed by atoms with Gasteiger partial charge in [0.25, 0.3) is 5.91 Å². The van der Waals surface area contributed by atoms with Crippen LogP contribution in [0.1, 0.15) is 29.8 Å². The van der Waals surface area contributed by atoms with Crippen molar-refractivity contribution in [3.05, 3.63) is 35.4 Å². The molecular formula is C15H25N3O. The average Bonchev–Trinajstić information content (AvgIpc) is 2.39. The molecule has 0 saturated carbocycles. The van der Waals surface area contributed by atoms with Crippen LogP contribution in [0.4, 0.5) is 0 Å². The van der Waals surface area contributed by atoms with Crippen LogP contribution in [0, 0.1) is 0 Å². The predicted octanol–water partition coefficient (Wildman–Crippen LogP) is 1.26. The van der Waals surface area contributed by atoms with Gasteiger partial charge in [0.1, 0.15) is 0 Å². The molecule has 1 rings (SSSR count). The maximum Gasteiger partial charge on any atom is 0.251 e. The Morgan fingerprint density at radius 3 is 2.47 bits per heavy atom. The molecule has 1 amide bonds. The van der Waals surface area contributed by atoms with Gasteiger partial charge in [0.2, 0.25) is 0 Å². The van der Waals surface area contributed by atoms with E-state index in [1.807, 2.05) is 24.3 Å². The fourth-order valence-electron chi connectivity index (χ4n) is 1.70.